The van der Waals surface area contributed by atoms with Crippen LogP contribution in [0.3, 0.4) is 0 Å². The Kier molecular flexibility index (Phi) is 6.45. The van der Waals surface area contributed by atoms with Crippen molar-refractivity contribution >= 4 is 0 Å². The van der Waals surface area contributed by atoms with Gasteiger partial charge in [0.15, 0.2) is 0 Å². The fraction of sp³-hybridized carbons (Fsp3) is 1.00. The van der Waals surface area contributed by atoms with E-state index in [1.165, 1.54) is 25.9 Å². The Morgan fingerprint density at radius 3 is 2.59 bits per heavy atom. The number of likely N-dealkylation sites (tertiary alicyclic amines) is 1. The van der Waals surface area contributed by atoms with Gasteiger partial charge in [0, 0.05) is 18.6 Å². The van der Waals surface area contributed by atoms with Crippen LogP contribution in [0.25, 0.3) is 0 Å². The molecule has 3 heteroatoms. The summed E-state index contributed by atoms with van der Waals surface area (Å²) in [6, 6.07) is 0.742. The second-order valence-corrected chi connectivity index (χ2v) is 5.78. The van der Waals surface area contributed by atoms with Crippen molar-refractivity contribution in [3.63, 3.8) is 0 Å². The zero-order valence-electron chi connectivity index (χ0n) is 11.9. The highest BCUT2D eigenvalue weighted by Gasteiger charge is 2.25. The number of hydrogen-bond donors (Lipinski definition) is 2. The zero-order valence-corrected chi connectivity index (χ0v) is 11.9. The quantitative estimate of drug-likeness (QED) is 0.744. The first-order chi connectivity index (χ1) is 8.08. The summed E-state index contributed by atoms with van der Waals surface area (Å²) in [5.41, 5.74) is 0. The summed E-state index contributed by atoms with van der Waals surface area (Å²) in [7, 11) is 0. The molecule has 0 aromatic heterocycles. The van der Waals surface area contributed by atoms with Crippen LogP contribution in [0, 0.1) is 11.8 Å². The standard InChI is InChI=1S/C14H30N2O/c1-5-16-8-6-7-13(9-16)12(4)15-14(10-17)11(2)3/h11-15,17H,5-10H2,1-4H3/t12?,13?,14-/m1/s1. The molecule has 1 rings (SSSR count). The number of rotatable bonds is 6. The minimum absolute atomic E-state index is 0.238. The van der Waals surface area contributed by atoms with Gasteiger partial charge in [-0.3, -0.25) is 0 Å². The van der Waals surface area contributed by atoms with Crippen LogP contribution in [0.1, 0.15) is 40.5 Å². The van der Waals surface area contributed by atoms with Crippen LogP contribution in [-0.4, -0.2) is 48.3 Å². The molecule has 3 atom stereocenters. The molecular formula is C14H30N2O. The zero-order chi connectivity index (χ0) is 12.8. The van der Waals surface area contributed by atoms with Gasteiger partial charge in [0.2, 0.25) is 0 Å². The Morgan fingerprint density at radius 1 is 1.35 bits per heavy atom. The van der Waals surface area contributed by atoms with Gasteiger partial charge >= 0.3 is 0 Å². The highest BCUT2D eigenvalue weighted by atomic mass is 16.3. The fourth-order valence-electron chi connectivity index (χ4n) is 2.72. The van der Waals surface area contributed by atoms with Crippen LogP contribution in [0.4, 0.5) is 0 Å². The van der Waals surface area contributed by atoms with E-state index in [9.17, 15) is 5.11 Å². The van der Waals surface area contributed by atoms with Crippen LogP contribution in [0.5, 0.6) is 0 Å². The molecule has 0 aliphatic carbocycles. The molecule has 1 heterocycles. The first-order valence-electron chi connectivity index (χ1n) is 7.17. The summed E-state index contributed by atoms with van der Waals surface area (Å²) >= 11 is 0. The normalized spacial score (nSPS) is 26.1. The second-order valence-electron chi connectivity index (χ2n) is 5.78. The number of piperidine rings is 1. The fourth-order valence-corrected chi connectivity index (χ4v) is 2.72. The Hall–Kier alpha value is -0.120. The van der Waals surface area contributed by atoms with Crippen LogP contribution < -0.4 is 5.32 Å². The highest BCUT2D eigenvalue weighted by molar-refractivity contribution is 4.83. The van der Waals surface area contributed by atoms with Crippen molar-refractivity contribution in [1.82, 2.24) is 10.2 Å². The van der Waals surface area contributed by atoms with Crippen molar-refractivity contribution in [2.24, 2.45) is 11.8 Å². The van der Waals surface area contributed by atoms with Gasteiger partial charge in [0.1, 0.15) is 0 Å². The van der Waals surface area contributed by atoms with Crippen LogP contribution in [0.2, 0.25) is 0 Å². The molecule has 1 fully saturated rings. The Morgan fingerprint density at radius 2 is 2.06 bits per heavy atom. The van der Waals surface area contributed by atoms with Gasteiger partial charge in [0.25, 0.3) is 0 Å². The summed E-state index contributed by atoms with van der Waals surface area (Å²) in [4.78, 5) is 2.54. The third-order valence-corrected chi connectivity index (χ3v) is 4.17. The summed E-state index contributed by atoms with van der Waals surface area (Å²) < 4.78 is 0. The number of nitrogens with zero attached hydrogens (tertiary/aromatic N) is 1. The van der Waals surface area contributed by atoms with Crippen molar-refractivity contribution < 1.29 is 5.11 Å². The molecule has 0 aromatic carbocycles. The van der Waals surface area contributed by atoms with E-state index in [4.69, 9.17) is 0 Å². The maximum absolute atomic E-state index is 9.37. The lowest BCUT2D eigenvalue weighted by Gasteiger charge is -2.37. The first-order valence-corrected chi connectivity index (χ1v) is 7.17. The van der Waals surface area contributed by atoms with Gasteiger partial charge in [0.05, 0.1) is 6.61 Å². The number of aliphatic hydroxyl groups excluding tert-OH is 1. The van der Waals surface area contributed by atoms with E-state index in [1.807, 2.05) is 0 Å². The molecule has 0 amide bonds. The third kappa shape index (κ3) is 4.57. The van der Waals surface area contributed by atoms with Gasteiger partial charge < -0.3 is 15.3 Å². The van der Waals surface area contributed by atoms with E-state index in [2.05, 4.69) is 37.9 Å². The largest absolute Gasteiger partial charge is 0.395 e. The van der Waals surface area contributed by atoms with Crippen molar-refractivity contribution in [3.8, 4) is 0 Å². The van der Waals surface area contributed by atoms with Gasteiger partial charge in [-0.1, -0.05) is 20.8 Å². The number of hydrogen-bond acceptors (Lipinski definition) is 3. The topological polar surface area (TPSA) is 35.5 Å². The van der Waals surface area contributed by atoms with Gasteiger partial charge in [-0.2, -0.15) is 0 Å². The lowest BCUT2D eigenvalue weighted by atomic mass is 9.90. The van der Waals surface area contributed by atoms with Crippen LogP contribution >= 0.6 is 0 Å². The van der Waals surface area contributed by atoms with E-state index in [-0.39, 0.29) is 12.6 Å². The van der Waals surface area contributed by atoms with Crippen molar-refractivity contribution in [2.75, 3.05) is 26.2 Å². The molecule has 3 nitrogen and oxygen atoms in total. The Balaban J connectivity index is 2.42. The molecule has 0 saturated carbocycles. The van der Waals surface area contributed by atoms with Crippen molar-refractivity contribution in [2.45, 2.75) is 52.6 Å². The molecule has 0 spiro atoms. The van der Waals surface area contributed by atoms with Crippen LogP contribution in [0.15, 0.2) is 0 Å². The maximum atomic E-state index is 9.37. The molecule has 102 valence electrons. The highest BCUT2D eigenvalue weighted by Crippen LogP contribution is 2.20. The monoisotopic (exact) mass is 242 g/mol. The first kappa shape index (κ1) is 14.9. The second kappa shape index (κ2) is 7.34. The summed E-state index contributed by atoms with van der Waals surface area (Å²) in [5.74, 6) is 1.23. The molecule has 1 aliphatic heterocycles. The lowest BCUT2D eigenvalue weighted by molar-refractivity contribution is 0.134. The molecule has 0 aromatic rings. The molecule has 2 N–H and O–H groups in total. The van der Waals surface area contributed by atoms with E-state index >= 15 is 0 Å². The van der Waals surface area contributed by atoms with Gasteiger partial charge in [-0.05, 0) is 44.7 Å². The third-order valence-electron chi connectivity index (χ3n) is 4.17. The minimum atomic E-state index is 0.238. The molecular weight excluding hydrogens is 212 g/mol. The Labute approximate surface area is 107 Å². The average Bonchev–Trinajstić information content (AvgIpc) is 2.35. The van der Waals surface area contributed by atoms with Crippen molar-refractivity contribution in [1.29, 1.82) is 0 Å². The SMILES string of the molecule is CCN1CCCC(C(C)N[C@H](CO)C(C)C)C1. The van der Waals surface area contributed by atoms with E-state index in [0.29, 0.717) is 12.0 Å². The summed E-state index contributed by atoms with van der Waals surface area (Å²) in [5, 5.41) is 13.0. The van der Waals surface area contributed by atoms with E-state index in [1.54, 1.807) is 0 Å². The van der Waals surface area contributed by atoms with Gasteiger partial charge in [-0.15, -0.1) is 0 Å². The molecule has 17 heavy (non-hydrogen) atoms. The number of nitrogens with one attached hydrogen (secondary N) is 1. The molecule has 1 aliphatic rings. The van der Waals surface area contributed by atoms with E-state index < -0.39 is 0 Å². The lowest BCUT2D eigenvalue weighted by Crippen LogP contribution is -2.49. The predicted octanol–water partition coefficient (Wildman–Crippen LogP) is 1.71. The minimum Gasteiger partial charge on any atom is -0.395 e. The molecule has 2 unspecified atom stereocenters. The molecule has 0 radical (unpaired) electrons. The summed E-state index contributed by atoms with van der Waals surface area (Å²) in [6.45, 7) is 12.7. The smallest absolute Gasteiger partial charge is 0.0587 e. The van der Waals surface area contributed by atoms with E-state index in [0.717, 1.165) is 12.5 Å². The summed E-state index contributed by atoms with van der Waals surface area (Å²) in [6.07, 6.45) is 2.64. The predicted molar refractivity (Wildman–Crippen MR) is 73.1 cm³/mol. The van der Waals surface area contributed by atoms with Gasteiger partial charge in [-0.25, -0.2) is 0 Å². The van der Waals surface area contributed by atoms with Crippen molar-refractivity contribution in [3.05, 3.63) is 0 Å². The molecule has 1 saturated heterocycles. The number of aliphatic hydroxyl groups is 1. The Bertz CT molecular complexity index is 208. The van der Waals surface area contributed by atoms with Crippen LogP contribution in [-0.2, 0) is 0 Å². The maximum Gasteiger partial charge on any atom is 0.0587 e. The molecule has 0 bridgehead atoms. The average molecular weight is 242 g/mol.